The van der Waals surface area contributed by atoms with Gasteiger partial charge in [-0.1, -0.05) is 0 Å². The SMILES string of the molecule is CN(C)Cc1nc(C(=O)N2C[C@@H](Cc3cnccn3)[C@H](O)C2)cs1. The number of aromatic nitrogens is 3. The molecule has 1 aliphatic heterocycles. The van der Waals surface area contributed by atoms with Crippen molar-refractivity contribution in [1.29, 1.82) is 0 Å². The van der Waals surface area contributed by atoms with Gasteiger partial charge in [-0.15, -0.1) is 11.3 Å². The van der Waals surface area contributed by atoms with Crippen LogP contribution in [0.3, 0.4) is 0 Å². The Labute approximate surface area is 145 Å². The van der Waals surface area contributed by atoms with Crippen molar-refractivity contribution in [3.63, 3.8) is 0 Å². The van der Waals surface area contributed by atoms with Crippen LogP contribution in [-0.4, -0.2) is 69.1 Å². The van der Waals surface area contributed by atoms with Gasteiger partial charge in [-0.3, -0.25) is 14.8 Å². The molecule has 1 fully saturated rings. The van der Waals surface area contributed by atoms with Crippen molar-refractivity contribution in [3.05, 3.63) is 40.4 Å². The first-order valence-electron chi connectivity index (χ1n) is 7.84. The van der Waals surface area contributed by atoms with Gasteiger partial charge in [0, 0.05) is 49.5 Å². The van der Waals surface area contributed by atoms with Crippen molar-refractivity contribution < 1.29 is 9.90 Å². The number of thiazole rings is 1. The van der Waals surface area contributed by atoms with Crippen LogP contribution in [0.1, 0.15) is 21.2 Å². The van der Waals surface area contributed by atoms with Crippen LogP contribution in [0.15, 0.2) is 24.0 Å². The van der Waals surface area contributed by atoms with E-state index in [1.165, 1.54) is 11.3 Å². The topological polar surface area (TPSA) is 82.5 Å². The van der Waals surface area contributed by atoms with Gasteiger partial charge in [-0.05, 0) is 20.5 Å². The molecule has 0 bridgehead atoms. The van der Waals surface area contributed by atoms with Crippen molar-refractivity contribution in [3.8, 4) is 0 Å². The molecule has 3 heterocycles. The maximum atomic E-state index is 12.6. The lowest BCUT2D eigenvalue weighted by Crippen LogP contribution is -2.30. The zero-order chi connectivity index (χ0) is 17.1. The van der Waals surface area contributed by atoms with Crippen LogP contribution in [0, 0.1) is 5.92 Å². The van der Waals surface area contributed by atoms with Gasteiger partial charge in [0.15, 0.2) is 0 Å². The highest BCUT2D eigenvalue weighted by Crippen LogP contribution is 2.23. The summed E-state index contributed by atoms with van der Waals surface area (Å²) in [6.07, 6.45) is 5.03. The van der Waals surface area contributed by atoms with E-state index in [1.807, 2.05) is 19.0 Å². The molecule has 3 rings (SSSR count). The van der Waals surface area contributed by atoms with E-state index >= 15 is 0 Å². The number of rotatable bonds is 5. The van der Waals surface area contributed by atoms with Gasteiger partial charge < -0.3 is 14.9 Å². The number of aliphatic hydroxyl groups is 1. The van der Waals surface area contributed by atoms with E-state index in [9.17, 15) is 9.90 Å². The number of carbonyl (C=O) groups is 1. The molecule has 0 radical (unpaired) electrons. The summed E-state index contributed by atoms with van der Waals surface area (Å²) in [5.74, 6) is -0.137. The quantitative estimate of drug-likeness (QED) is 0.856. The van der Waals surface area contributed by atoms with Crippen molar-refractivity contribution in [2.24, 2.45) is 5.92 Å². The summed E-state index contributed by atoms with van der Waals surface area (Å²) in [6, 6.07) is 0. The second-order valence-corrected chi connectivity index (χ2v) is 7.25. The summed E-state index contributed by atoms with van der Waals surface area (Å²) in [5.41, 5.74) is 1.29. The zero-order valence-corrected chi connectivity index (χ0v) is 14.6. The molecule has 1 amide bonds. The molecule has 1 saturated heterocycles. The van der Waals surface area contributed by atoms with E-state index in [0.29, 0.717) is 25.2 Å². The van der Waals surface area contributed by atoms with Crippen LogP contribution in [-0.2, 0) is 13.0 Å². The minimum Gasteiger partial charge on any atom is -0.391 e. The molecule has 2 aromatic rings. The summed E-state index contributed by atoms with van der Waals surface area (Å²) < 4.78 is 0. The lowest BCUT2D eigenvalue weighted by atomic mass is 10.0. The Kier molecular flexibility index (Phi) is 5.17. The molecule has 0 unspecified atom stereocenters. The number of carbonyl (C=O) groups excluding carboxylic acids is 1. The number of nitrogens with zero attached hydrogens (tertiary/aromatic N) is 5. The zero-order valence-electron chi connectivity index (χ0n) is 13.8. The first-order chi connectivity index (χ1) is 11.5. The fourth-order valence-corrected chi connectivity index (χ4v) is 3.72. The summed E-state index contributed by atoms with van der Waals surface area (Å²) in [5, 5.41) is 13.0. The minimum absolute atomic E-state index is 0.0227. The Bertz CT molecular complexity index is 691. The Morgan fingerprint density at radius 1 is 1.42 bits per heavy atom. The van der Waals surface area contributed by atoms with E-state index in [0.717, 1.165) is 17.2 Å². The Morgan fingerprint density at radius 2 is 2.25 bits per heavy atom. The molecule has 0 aliphatic carbocycles. The number of hydrogen-bond acceptors (Lipinski definition) is 7. The smallest absolute Gasteiger partial charge is 0.273 e. The molecule has 24 heavy (non-hydrogen) atoms. The second kappa shape index (κ2) is 7.33. The predicted octanol–water partition coefficient (Wildman–Crippen LogP) is 0.670. The third kappa shape index (κ3) is 3.95. The van der Waals surface area contributed by atoms with Crippen LogP contribution >= 0.6 is 11.3 Å². The van der Waals surface area contributed by atoms with Crippen LogP contribution in [0.2, 0.25) is 0 Å². The number of hydrogen-bond donors (Lipinski definition) is 1. The maximum absolute atomic E-state index is 12.6. The van der Waals surface area contributed by atoms with Gasteiger partial charge in [0.05, 0.1) is 11.8 Å². The fraction of sp³-hybridized carbons (Fsp3) is 0.500. The van der Waals surface area contributed by atoms with Crippen molar-refractivity contribution in [1.82, 2.24) is 24.8 Å². The van der Waals surface area contributed by atoms with Crippen LogP contribution in [0.5, 0.6) is 0 Å². The van der Waals surface area contributed by atoms with E-state index in [4.69, 9.17) is 0 Å². The molecule has 0 spiro atoms. The summed E-state index contributed by atoms with van der Waals surface area (Å²) in [6.45, 7) is 1.57. The van der Waals surface area contributed by atoms with Crippen LogP contribution in [0.4, 0.5) is 0 Å². The van der Waals surface area contributed by atoms with Crippen molar-refractivity contribution >= 4 is 17.2 Å². The van der Waals surface area contributed by atoms with Crippen molar-refractivity contribution in [2.75, 3.05) is 27.2 Å². The third-order valence-corrected chi connectivity index (χ3v) is 4.84. The normalized spacial score (nSPS) is 20.8. The van der Waals surface area contributed by atoms with Crippen LogP contribution < -0.4 is 0 Å². The highest BCUT2D eigenvalue weighted by atomic mass is 32.1. The number of aliphatic hydroxyl groups excluding tert-OH is 1. The van der Waals surface area contributed by atoms with Crippen molar-refractivity contribution in [2.45, 2.75) is 19.1 Å². The number of β-amino-alcohol motifs (C(OH)–C–C–N with tert-alkyl or cyclic N) is 1. The van der Waals surface area contributed by atoms with Gasteiger partial charge in [0.25, 0.3) is 5.91 Å². The van der Waals surface area contributed by atoms with E-state index in [-0.39, 0.29) is 11.8 Å². The summed E-state index contributed by atoms with van der Waals surface area (Å²) in [4.78, 5) is 29.0. The number of amides is 1. The van der Waals surface area contributed by atoms with Gasteiger partial charge >= 0.3 is 0 Å². The monoisotopic (exact) mass is 347 g/mol. The van der Waals surface area contributed by atoms with E-state index in [2.05, 4.69) is 15.0 Å². The number of likely N-dealkylation sites (tertiary alicyclic amines) is 1. The standard InChI is InChI=1S/C16H21N5O2S/c1-20(2)9-15-19-13(10-24-15)16(23)21-7-11(14(22)8-21)5-12-6-17-3-4-18-12/h3-4,6,10-11,14,22H,5,7-9H2,1-2H3/t11-,14-/m1/s1. The first-order valence-corrected chi connectivity index (χ1v) is 8.72. The third-order valence-electron chi connectivity index (χ3n) is 4.00. The van der Waals surface area contributed by atoms with Crippen LogP contribution in [0.25, 0.3) is 0 Å². The van der Waals surface area contributed by atoms with Gasteiger partial charge in [0.1, 0.15) is 10.7 Å². The fourth-order valence-electron chi connectivity index (χ4n) is 2.84. The summed E-state index contributed by atoms with van der Waals surface area (Å²) >= 11 is 1.49. The highest BCUT2D eigenvalue weighted by Gasteiger charge is 2.35. The van der Waals surface area contributed by atoms with Gasteiger partial charge in [0.2, 0.25) is 0 Å². The molecule has 2 aromatic heterocycles. The van der Waals surface area contributed by atoms with Gasteiger partial charge in [-0.2, -0.15) is 0 Å². The molecule has 7 nitrogen and oxygen atoms in total. The molecule has 0 aromatic carbocycles. The lowest BCUT2D eigenvalue weighted by Gasteiger charge is -2.14. The second-order valence-electron chi connectivity index (χ2n) is 6.30. The average molecular weight is 347 g/mol. The molecular formula is C16H21N5O2S. The molecule has 2 atom stereocenters. The predicted molar refractivity (Wildman–Crippen MR) is 90.6 cm³/mol. The average Bonchev–Trinajstić information content (AvgIpc) is 3.15. The molecule has 0 saturated carbocycles. The van der Waals surface area contributed by atoms with E-state index in [1.54, 1.807) is 28.9 Å². The molecule has 1 N–H and O–H groups in total. The Morgan fingerprint density at radius 3 is 2.96 bits per heavy atom. The molecule has 128 valence electrons. The molecule has 8 heteroatoms. The highest BCUT2D eigenvalue weighted by molar-refractivity contribution is 7.09. The Balaban J connectivity index is 1.63. The largest absolute Gasteiger partial charge is 0.391 e. The van der Waals surface area contributed by atoms with E-state index < -0.39 is 6.10 Å². The van der Waals surface area contributed by atoms with Gasteiger partial charge in [-0.25, -0.2) is 4.98 Å². The maximum Gasteiger partial charge on any atom is 0.273 e. The summed E-state index contributed by atoms with van der Waals surface area (Å²) in [7, 11) is 3.94. The first kappa shape index (κ1) is 16.9. The molecular weight excluding hydrogens is 326 g/mol. The Hall–Kier alpha value is -1.90. The molecule has 1 aliphatic rings. The lowest BCUT2D eigenvalue weighted by molar-refractivity contribution is 0.0759. The minimum atomic E-state index is -0.546.